The van der Waals surface area contributed by atoms with E-state index in [0.29, 0.717) is 29.1 Å². The predicted octanol–water partition coefficient (Wildman–Crippen LogP) is 3.60. The minimum Gasteiger partial charge on any atom is -0.378 e. The molecule has 9 heteroatoms. The van der Waals surface area contributed by atoms with E-state index in [1.54, 1.807) is 30.4 Å². The summed E-state index contributed by atoms with van der Waals surface area (Å²) >= 11 is 6.01. The Morgan fingerprint density at radius 3 is 2.67 bits per heavy atom. The molecule has 0 amide bonds. The van der Waals surface area contributed by atoms with E-state index in [1.165, 1.54) is 0 Å². The van der Waals surface area contributed by atoms with Gasteiger partial charge in [0.1, 0.15) is 6.33 Å². The van der Waals surface area contributed by atoms with Crippen LogP contribution >= 0.6 is 11.6 Å². The molecule has 8 nitrogen and oxygen atoms in total. The normalized spacial score (nSPS) is 10.9. The number of H-pyrrole nitrogens is 1. The summed E-state index contributed by atoms with van der Waals surface area (Å²) in [4.78, 5) is 4.00. The SMILES string of the molecule is COCc1[nH]nc(Nc2ccc(-n3ccnc3)nn2)c1-c1ccc(Cl)cc1. The van der Waals surface area contributed by atoms with E-state index in [-0.39, 0.29) is 0 Å². The summed E-state index contributed by atoms with van der Waals surface area (Å²) in [6.45, 7) is 0.401. The highest BCUT2D eigenvalue weighted by Crippen LogP contribution is 2.32. The van der Waals surface area contributed by atoms with Gasteiger partial charge >= 0.3 is 0 Å². The smallest absolute Gasteiger partial charge is 0.161 e. The minimum absolute atomic E-state index is 0.401. The van der Waals surface area contributed by atoms with Crippen molar-refractivity contribution < 1.29 is 4.74 Å². The van der Waals surface area contributed by atoms with Crippen molar-refractivity contribution in [2.75, 3.05) is 12.4 Å². The van der Waals surface area contributed by atoms with Crippen molar-refractivity contribution in [3.05, 3.63) is 65.8 Å². The molecule has 0 aliphatic heterocycles. The molecule has 136 valence electrons. The molecule has 4 rings (SSSR count). The molecule has 0 atom stereocenters. The van der Waals surface area contributed by atoms with Crippen LogP contribution in [0.5, 0.6) is 0 Å². The molecular formula is C18H16ClN7O. The number of benzene rings is 1. The Morgan fingerprint density at radius 2 is 2.00 bits per heavy atom. The monoisotopic (exact) mass is 381 g/mol. The zero-order valence-electron chi connectivity index (χ0n) is 14.4. The fourth-order valence-corrected chi connectivity index (χ4v) is 2.82. The number of imidazole rings is 1. The Kier molecular flexibility index (Phi) is 4.82. The largest absolute Gasteiger partial charge is 0.378 e. The number of hydrogen-bond acceptors (Lipinski definition) is 6. The third-order valence-corrected chi connectivity index (χ3v) is 4.18. The van der Waals surface area contributed by atoms with Gasteiger partial charge in [0.25, 0.3) is 0 Å². The van der Waals surface area contributed by atoms with Gasteiger partial charge in [-0.1, -0.05) is 23.7 Å². The van der Waals surface area contributed by atoms with Gasteiger partial charge in [0.15, 0.2) is 17.5 Å². The van der Waals surface area contributed by atoms with E-state index < -0.39 is 0 Å². The maximum absolute atomic E-state index is 6.01. The summed E-state index contributed by atoms with van der Waals surface area (Å²) in [6.07, 6.45) is 5.16. The van der Waals surface area contributed by atoms with Gasteiger partial charge in [0.05, 0.1) is 12.3 Å². The number of rotatable bonds is 6. The minimum atomic E-state index is 0.401. The summed E-state index contributed by atoms with van der Waals surface area (Å²) in [5.74, 6) is 1.89. The Morgan fingerprint density at radius 1 is 1.15 bits per heavy atom. The molecule has 1 aromatic carbocycles. The van der Waals surface area contributed by atoms with Crippen LogP contribution in [0.3, 0.4) is 0 Å². The lowest BCUT2D eigenvalue weighted by Crippen LogP contribution is -2.01. The highest BCUT2D eigenvalue weighted by molar-refractivity contribution is 6.30. The second kappa shape index (κ2) is 7.56. The van der Waals surface area contributed by atoms with Crippen LogP contribution in [-0.2, 0) is 11.3 Å². The zero-order valence-corrected chi connectivity index (χ0v) is 15.2. The number of nitrogens with one attached hydrogen (secondary N) is 2. The second-order valence-corrected chi connectivity index (χ2v) is 6.17. The van der Waals surface area contributed by atoms with E-state index in [4.69, 9.17) is 16.3 Å². The molecule has 0 spiro atoms. The molecule has 0 saturated carbocycles. The Labute approximate surface area is 160 Å². The third-order valence-electron chi connectivity index (χ3n) is 3.93. The fourth-order valence-electron chi connectivity index (χ4n) is 2.69. The number of nitrogens with zero attached hydrogens (tertiary/aromatic N) is 5. The number of methoxy groups -OCH3 is 1. The molecule has 27 heavy (non-hydrogen) atoms. The van der Waals surface area contributed by atoms with Crippen molar-refractivity contribution in [2.45, 2.75) is 6.61 Å². The summed E-state index contributed by atoms with van der Waals surface area (Å²) in [6, 6.07) is 11.2. The van der Waals surface area contributed by atoms with E-state index in [2.05, 4.69) is 30.7 Å². The van der Waals surface area contributed by atoms with Gasteiger partial charge in [-0.15, -0.1) is 10.2 Å². The molecule has 0 saturated heterocycles. The quantitative estimate of drug-likeness (QED) is 0.530. The molecule has 0 aliphatic carbocycles. The lowest BCUT2D eigenvalue weighted by Gasteiger charge is -2.08. The van der Waals surface area contributed by atoms with Crippen molar-refractivity contribution >= 4 is 23.2 Å². The Bertz CT molecular complexity index is 1010. The third kappa shape index (κ3) is 3.67. The van der Waals surface area contributed by atoms with Gasteiger partial charge in [-0.2, -0.15) is 5.10 Å². The van der Waals surface area contributed by atoms with Crippen molar-refractivity contribution in [1.82, 2.24) is 29.9 Å². The first-order valence-electron chi connectivity index (χ1n) is 8.16. The van der Waals surface area contributed by atoms with E-state index in [0.717, 1.165) is 16.8 Å². The number of anilines is 2. The Balaban J connectivity index is 1.64. The van der Waals surface area contributed by atoms with Crippen molar-refractivity contribution in [2.24, 2.45) is 0 Å². The van der Waals surface area contributed by atoms with Crippen LogP contribution in [0, 0.1) is 0 Å². The summed E-state index contributed by atoms with van der Waals surface area (Å²) in [7, 11) is 1.64. The lowest BCUT2D eigenvalue weighted by molar-refractivity contribution is 0.182. The van der Waals surface area contributed by atoms with Gasteiger partial charge in [-0.05, 0) is 29.8 Å². The van der Waals surface area contributed by atoms with E-state index in [9.17, 15) is 0 Å². The van der Waals surface area contributed by atoms with Crippen LogP contribution in [0.2, 0.25) is 5.02 Å². The number of aromatic amines is 1. The first kappa shape index (κ1) is 17.2. The van der Waals surface area contributed by atoms with Crippen LogP contribution in [0.4, 0.5) is 11.6 Å². The molecule has 0 fully saturated rings. The molecule has 2 N–H and O–H groups in total. The first-order valence-corrected chi connectivity index (χ1v) is 8.53. The molecule has 3 aromatic heterocycles. The molecule has 0 bridgehead atoms. The number of ether oxygens (including phenoxy) is 1. The fraction of sp³-hybridized carbons (Fsp3) is 0.111. The van der Waals surface area contributed by atoms with Crippen LogP contribution in [-0.4, -0.2) is 37.1 Å². The summed E-state index contributed by atoms with van der Waals surface area (Å²) < 4.78 is 7.05. The van der Waals surface area contributed by atoms with Crippen molar-refractivity contribution in [3.8, 4) is 16.9 Å². The van der Waals surface area contributed by atoms with E-state index >= 15 is 0 Å². The lowest BCUT2D eigenvalue weighted by atomic mass is 10.1. The first-order chi connectivity index (χ1) is 13.2. The zero-order chi connectivity index (χ0) is 18.6. The molecule has 0 unspecified atom stereocenters. The number of halogens is 1. The van der Waals surface area contributed by atoms with Crippen LogP contribution in [0.1, 0.15) is 5.69 Å². The van der Waals surface area contributed by atoms with Crippen molar-refractivity contribution in [3.63, 3.8) is 0 Å². The topological polar surface area (TPSA) is 93.5 Å². The maximum atomic E-state index is 6.01. The van der Waals surface area contributed by atoms with E-state index in [1.807, 2.05) is 36.4 Å². The standard InChI is InChI=1S/C18H16ClN7O/c1-27-10-14-17(12-2-4-13(19)5-3-12)18(25-22-14)21-15-6-7-16(24-23-15)26-9-8-20-11-26/h2-9,11H,10H2,1H3,(H2,21,22,23,25). The average Bonchev–Trinajstić information content (AvgIpc) is 3.34. The highest BCUT2D eigenvalue weighted by atomic mass is 35.5. The molecular weight excluding hydrogens is 366 g/mol. The molecule has 0 aliphatic rings. The average molecular weight is 382 g/mol. The van der Waals surface area contributed by atoms with Gasteiger partial charge < -0.3 is 10.1 Å². The number of hydrogen-bond donors (Lipinski definition) is 2. The summed E-state index contributed by atoms with van der Waals surface area (Å²) in [5, 5.41) is 19.7. The van der Waals surface area contributed by atoms with Gasteiger partial charge in [-0.25, -0.2) is 4.98 Å². The predicted molar refractivity (Wildman–Crippen MR) is 102 cm³/mol. The van der Waals surface area contributed by atoms with Gasteiger partial charge in [0, 0.05) is 30.1 Å². The Hall–Kier alpha value is -3.23. The highest BCUT2D eigenvalue weighted by Gasteiger charge is 2.16. The van der Waals surface area contributed by atoms with Gasteiger partial charge in [-0.3, -0.25) is 9.67 Å². The molecule has 4 aromatic rings. The van der Waals surface area contributed by atoms with Crippen LogP contribution in [0.25, 0.3) is 16.9 Å². The molecule has 3 heterocycles. The number of aromatic nitrogens is 6. The van der Waals surface area contributed by atoms with Crippen molar-refractivity contribution in [1.29, 1.82) is 0 Å². The maximum Gasteiger partial charge on any atom is 0.161 e. The van der Waals surface area contributed by atoms with Crippen LogP contribution < -0.4 is 5.32 Å². The second-order valence-electron chi connectivity index (χ2n) is 5.74. The summed E-state index contributed by atoms with van der Waals surface area (Å²) in [5.41, 5.74) is 2.71. The molecule has 0 radical (unpaired) electrons. The van der Waals surface area contributed by atoms with Crippen LogP contribution in [0.15, 0.2) is 55.1 Å². The van der Waals surface area contributed by atoms with Gasteiger partial charge in [0.2, 0.25) is 0 Å².